The molecule has 1 aliphatic rings. The average molecular weight is 551 g/mol. The highest BCUT2D eigenvalue weighted by Gasteiger charge is 2.13. The van der Waals surface area contributed by atoms with Gasteiger partial charge in [0.05, 0.1) is 0 Å². The molecule has 4 N–H and O–H groups in total. The lowest BCUT2D eigenvalue weighted by Gasteiger charge is -2.13. The molecule has 42 heavy (non-hydrogen) atoms. The molecular weight excluding hydrogens is 516 g/mol. The molecule has 6 nitrogen and oxygen atoms in total. The van der Waals surface area contributed by atoms with Gasteiger partial charge in [-0.3, -0.25) is 0 Å². The standard InChI is InChI=1S/C36H34N6/c1-41(2)29-13-5-23(6-14-29)35-31-17-9-25(37-31)21-27-11-19-33(39-27)36(24-7-15-30(16-8-24)42(3)4)34-20-12-28(40-34)22-26-10-18-32(35)38-26/h5-22,37-40H,1-4H3. The van der Waals surface area contributed by atoms with Crippen LogP contribution < -0.4 is 31.2 Å². The largest absolute Gasteiger partial charge is 0.378 e. The monoisotopic (exact) mass is 550 g/mol. The first-order valence-corrected chi connectivity index (χ1v) is 14.2. The van der Waals surface area contributed by atoms with Crippen molar-refractivity contribution in [3.63, 3.8) is 0 Å². The quantitative estimate of drug-likeness (QED) is 0.271. The van der Waals surface area contributed by atoms with Gasteiger partial charge in [-0.05, 0) is 96.1 Å². The Balaban J connectivity index is 1.45. The summed E-state index contributed by atoms with van der Waals surface area (Å²) in [4.78, 5) is 18.9. The van der Waals surface area contributed by atoms with Crippen LogP contribution in [0.3, 0.4) is 0 Å². The van der Waals surface area contributed by atoms with Crippen LogP contribution in [-0.2, 0) is 0 Å². The lowest BCUT2D eigenvalue weighted by molar-refractivity contribution is 1.13. The summed E-state index contributed by atoms with van der Waals surface area (Å²) in [6, 6.07) is 34.6. The molecule has 6 aromatic rings. The topological polar surface area (TPSA) is 69.6 Å². The van der Waals surface area contributed by atoms with Gasteiger partial charge in [-0.1, -0.05) is 24.3 Å². The molecule has 4 aromatic heterocycles. The SMILES string of the molecule is CN(C)c1ccc(C2=c3ccc([nH]3)=Cc3ccc([nH]3)C(c3ccc(N(C)C)cc3)=c3ccc([nH]3)=Cc3ccc2[nH]3)cc1. The van der Waals surface area contributed by atoms with Crippen molar-refractivity contribution in [3.8, 4) is 0 Å². The zero-order valence-corrected chi connectivity index (χ0v) is 24.3. The fourth-order valence-electron chi connectivity index (χ4n) is 5.67. The minimum atomic E-state index is 1.03. The van der Waals surface area contributed by atoms with E-state index in [0.717, 1.165) is 66.4 Å². The van der Waals surface area contributed by atoms with Gasteiger partial charge in [-0.15, -0.1) is 0 Å². The van der Waals surface area contributed by atoms with Crippen LogP contribution in [0.1, 0.15) is 33.9 Å². The molecule has 6 heteroatoms. The fraction of sp³-hybridized carbons (Fsp3) is 0.111. The second-order valence-corrected chi connectivity index (χ2v) is 11.2. The Hall–Kier alpha value is -5.36. The Labute approximate surface area is 244 Å². The Kier molecular flexibility index (Phi) is 6.24. The third-order valence-corrected chi connectivity index (χ3v) is 7.88. The van der Waals surface area contributed by atoms with Crippen molar-refractivity contribution in [2.24, 2.45) is 0 Å². The van der Waals surface area contributed by atoms with E-state index in [2.05, 4.69) is 167 Å². The Bertz CT molecular complexity index is 1970. The van der Waals surface area contributed by atoms with Crippen LogP contribution in [0.15, 0.2) is 97.1 Å². The highest BCUT2D eigenvalue weighted by atomic mass is 15.1. The number of hydrogen-bond acceptors (Lipinski definition) is 2. The predicted octanol–water partition coefficient (Wildman–Crippen LogP) is 3.60. The zero-order valence-electron chi connectivity index (χ0n) is 24.3. The van der Waals surface area contributed by atoms with Crippen molar-refractivity contribution in [2.45, 2.75) is 0 Å². The number of fused-ring (bicyclic) bond motifs is 8. The first kappa shape index (κ1) is 25.6. The molecule has 0 spiro atoms. The summed E-state index contributed by atoms with van der Waals surface area (Å²) >= 11 is 0. The van der Waals surface area contributed by atoms with Gasteiger partial charge in [0.15, 0.2) is 0 Å². The van der Waals surface area contributed by atoms with Gasteiger partial charge in [0, 0.05) is 94.9 Å². The summed E-state index contributed by atoms with van der Waals surface area (Å²) in [5.74, 6) is 0. The first-order chi connectivity index (χ1) is 20.4. The molecule has 0 amide bonds. The van der Waals surface area contributed by atoms with Crippen molar-refractivity contribution in [1.82, 2.24) is 19.9 Å². The molecule has 0 aliphatic carbocycles. The summed E-state index contributed by atoms with van der Waals surface area (Å²) in [6.45, 7) is 0. The van der Waals surface area contributed by atoms with Gasteiger partial charge < -0.3 is 29.7 Å². The number of H-pyrrole nitrogens is 4. The van der Waals surface area contributed by atoms with Gasteiger partial charge in [0.2, 0.25) is 0 Å². The van der Waals surface area contributed by atoms with Crippen LogP contribution >= 0.6 is 0 Å². The smallest absolute Gasteiger partial charge is 0.0485 e. The van der Waals surface area contributed by atoms with Gasteiger partial charge in [-0.2, -0.15) is 0 Å². The van der Waals surface area contributed by atoms with E-state index in [1.54, 1.807) is 0 Å². The van der Waals surface area contributed by atoms with Crippen molar-refractivity contribution in [2.75, 3.05) is 38.0 Å². The van der Waals surface area contributed by atoms with Gasteiger partial charge >= 0.3 is 0 Å². The van der Waals surface area contributed by atoms with Crippen molar-refractivity contribution in [3.05, 3.63) is 152 Å². The highest BCUT2D eigenvalue weighted by molar-refractivity contribution is 5.80. The molecule has 0 fully saturated rings. The number of nitrogens with one attached hydrogen (secondary N) is 4. The normalized spacial score (nSPS) is 12.6. The number of aromatic amines is 4. The molecule has 1 aliphatic heterocycles. The second-order valence-electron chi connectivity index (χ2n) is 11.2. The van der Waals surface area contributed by atoms with Crippen molar-refractivity contribution in [1.29, 1.82) is 0 Å². The van der Waals surface area contributed by atoms with Crippen LogP contribution in [0.5, 0.6) is 0 Å². The molecule has 8 bridgehead atoms. The Morgan fingerprint density at radius 3 is 1.19 bits per heavy atom. The maximum absolute atomic E-state index is 3.67. The predicted molar refractivity (Wildman–Crippen MR) is 174 cm³/mol. The summed E-state index contributed by atoms with van der Waals surface area (Å²) in [6.07, 6.45) is 4.32. The lowest BCUT2D eigenvalue weighted by atomic mass is 10.0. The molecule has 5 heterocycles. The highest BCUT2D eigenvalue weighted by Crippen LogP contribution is 2.24. The van der Waals surface area contributed by atoms with E-state index < -0.39 is 0 Å². The van der Waals surface area contributed by atoms with Crippen LogP contribution in [0, 0.1) is 0 Å². The van der Waals surface area contributed by atoms with Crippen LogP contribution in [-0.4, -0.2) is 48.1 Å². The lowest BCUT2D eigenvalue weighted by Crippen LogP contribution is -2.16. The number of nitrogens with zero attached hydrogens (tertiary/aromatic N) is 2. The van der Waals surface area contributed by atoms with Crippen molar-refractivity contribution < 1.29 is 0 Å². The molecule has 2 aromatic carbocycles. The fourth-order valence-corrected chi connectivity index (χ4v) is 5.67. The van der Waals surface area contributed by atoms with Gasteiger partial charge in [0.1, 0.15) is 0 Å². The van der Waals surface area contributed by atoms with Crippen LogP contribution in [0.25, 0.3) is 23.3 Å². The van der Waals surface area contributed by atoms with E-state index in [4.69, 9.17) is 0 Å². The molecule has 0 radical (unpaired) electrons. The van der Waals surface area contributed by atoms with Gasteiger partial charge in [0.25, 0.3) is 0 Å². The van der Waals surface area contributed by atoms with E-state index in [9.17, 15) is 0 Å². The first-order valence-electron chi connectivity index (χ1n) is 14.2. The number of hydrogen-bond donors (Lipinski definition) is 4. The Morgan fingerprint density at radius 1 is 0.405 bits per heavy atom. The molecular formula is C36H34N6. The maximum atomic E-state index is 3.67. The van der Waals surface area contributed by atoms with Crippen LogP contribution in [0.2, 0.25) is 0 Å². The average Bonchev–Trinajstić information content (AvgIpc) is 3.80. The van der Waals surface area contributed by atoms with E-state index in [1.807, 2.05) is 0 Å². The maximum Gasteiger partial charge on any atom is 0.0485 e. The summed E-state index contributed by atoms with van der Waals surface area (Å²) in [7, 11) is 8.25. The summed E-state index contributed by atoms with van der Waals surface area (Å²) in [5.41, 5.74) is 11.1. The zero-order chi connectivity index (χ0) is 28.8. The molecule has 0 atom stereocenters. The summed E-state index contributed by atoms with van der Waals surface area (Å²) < 4.78 is 0. The minimum absolute atomic E-state index is 1.03. The number of benzene rings is 2. The third kappa shape index (κ3) is 4.77. The molecule has 7 rings (SSSR count). The Morgan fingerprint density at radius 2 is 0.810 bits per heavy atom. The van der Waals surface area contributed by atoms with Crippen molar-refractivity contribution >= 4 is 34.7 Å². The number of anilines is 2. The minimum Gasteiger partial charge on any atom is -0.378 e. The van der Waals surface area contributed by atoms with E-state index in [-0.39, 0.29) is 0 Å². The molecule has 0 unspecified atom stereocenters. The number of rotatable bonds is 4. The van der Waals surface area contributed by atoms with E-state index >= 15 is 0 Å². The summed E-state index contributed by atoms with van der Waals surface area (Å²) in [5, 5.41) is 4.18. The van der Waals surface area contributed by atoms with E-state index in [1.165, 1.54) is 11.4 Å². The van der Waals surface area contributed by atoms with Crippen LogP contribution in [0.4, 0.5) is 11.4 Å². The molecule has 0 saturated carbocycles. The molecule has 0 saturated heterocycles. The van der Waals surface area contributed by atoms with E-state index in [0.29, 0.717) is 0 Å². The number of aromatic nitrogens is 4. The third-order valence-electron chi connectivity index (χ3n) is 7.88. The second kappa shape index (κ2) is 10.2. The van der Waals surface area contributed by atoms with Gasteiger partial charge in [-0.25, -0.2) is 0 Å². The molecule has 208 valence electrons.